The number of amides is 2. The second-order valence-corrected chi connectivity index (χ2v) is 9.62. The Labute approximate surface area is 208 Å². The van der Waals surface area contributed by atoms with Gasteiger partial charge in [0.15, 0.2) is 0 Å². The van der Waals surface area contributed by atoms with Crippen LogP contribution in [0.4, 0.5) is 5.69 Å². The lowest BCUT2D eigenvalue weighted by Crippen LogP contribution is -2.32. The summed E-state index contributed by atoms with van der Waals surface area (Å²) in [5, 5.41) is 12.9. The van der Waals surface area contributed by atoms with Gasteiger partial charge in [-0.3, -0.25) is 14.5 Å². The number of carbonyl (C=O) groups excluding carboxylic acids is 2. The van der Waals surface area contributed by atoms with E-state index in [1.165, 1.54) is 22.9 Å². The van der Waals surface area contributed by atoms with Gasteiger partial charge in [0.05, 0.1) is 18.1 Å². The zero-order valence-electron chi connectivity index (χ0n) is 17.1. The van der Waals surface area contributed by atoms with E-state index in [9.17, 15) is 14.9 Å². The van der Waals surface area contributed by atoms with Gasteiger partial charge < -0.3 is 9.73 Å². The number of rotatable bonds is 6. The van der Waals surface area contributed by atoms with E-state index < -0.39 is 11.2 Å². The molecule has 166 valence electrons. The van der Waals surface area contributed by atoms with Gasteiger partial charge in [-0.25, -0.2) is 0 Å². The summed E-state index contributed by atoms with van der Waals surface area (Å²) < 4.78 is 6.08. The van der Waals surface area contributed by atoms with Crippen LogP contribution in [0.25, 0.3) is 0 Å². The molecule has 1 unspecified atom stereocenters. The minimum atomic E-state index is -0.579. The number of nitrogens with zero attached hydrogens (tertiary/aromatic N) is 2. The van der Waals surface area contributed by atoms with Crippen molar-refractivity contribution in [2.24, 2.45) is 0 Å². The topological polar surface area (TPSA) is 86.3 Å². The van der Waals surface area contributed by atoms with Crippen LogP contribution in [0.5, 0.6) is 0 Å². The lowest BCUT2D eigenvalue weighted by molar-refractivity contribution is -0.117. The van der Waals surface area contributed by atoms with Gasteiger partial charge in [0.2, 0.25) is 5.91 Å². The van der Waals surface area contributed by atoms with Gasteiger partial charge in [-0.05, 0) is 54.4 Å². The van der Waals surface area contributed by atoms with E-state index in [-0.39, 0.29) is 18.0 Å². The molecule has 0 spiro atoms. The van der Waals surface area contributed by atoms with Crippen LogP contribution >= 0.6 is 39.3 Å². The van der Waals surface area contributed by atoms with Crippen LogP contribution < -0.4 is 10.2 Å². The average molecular weight is 543 g/mol. The Morgan fingerprint density at radius 1 is 1.18 bits per heavy atom. The molecule has 1 aliphatic heterocycles. The van der Waals surface area contributed by atoms with Crippen molar-refractivity contribution in [3.8, 4) is 6.07 Å². The lowest BCUT2D eigenvalue weighted by atomic mass is 10.1. The maximum Gasteiger partial charge on any atom is 0.265 e. The second kappa shape index (κ2) is 10.3. The first-order chi connectivity index (χ1) is 16.0. The van der Waals surface area contributed by atoms with E-state index in [1.54, 1.807) is 42.5 Å². The van der Waals surface area contributed by atoms with Gasteiger partial charge in [0.25, 0.3) is 5.91 Å². The number of nitriles is 1. The zero-order chi connectivity index (χ0) is 23.4. The Morgan fingerprint density at radius 3 is 2.61 bits per heavy atom. The molecule has 2 amide bonds. The first-order valence-electron chi connectivity index (χ1n) is 9.92. The third-order valence-corrected chi connectivity index (χ3v) is 7.12. The second-order valence-electron chi connectivity index (χ2n) is 7.11. The Kier molecular flexibility index (Phi) is 7.23. The molecule has 1 aliphatic rings. The zero-order valence-corrected chi connectivity index (χ0v) is 20.3. The summed E-state index contributed by atoms with van der Waals surface area (Å²) >= 11 is 10.9. The highest BCUT2D eigenvalue weighted by Crippen LogP contribution is 2.42. The number of carbonyl (C=O) groups is 2. The summed E-state index contributed by atoms with van der Waals surface area (Å²) in [5.41, 5.74) is 1.26. The van der Waals surface area contributed by atoms with Gasteiger partial charge in [-0.15, -0.1) is 0 Å². The van der Waals surface area contributed by atoms with Crippen molar-refractivity contribution in [1.29, 1.82) is 5.26 Å². The monoisotopic (exact) mass is 541 g/mol. The fourth-order valence-electron chi connectivity index (χ4n) is 3.34. The summed E-state index contributed by atoms with van der Waals surface area (Å²) in [7, 11) is 0. The van der Waals surface area contributed by atoms with E-state index in [1.807, 2.05) is 24.3 Å². The number of benzene rings is 2. The predicted octanol–water partition coefficient (Wildman–Crippen LogP) is 5.44. The van der Waals surface area contributed by atoms with E-state index in [2.05, 4.69) is 21.2 Å². The number of hydrogen-bond acceptors (Lipinski definition) is 5. The van der Waals surface area contributed by atoms with Crippen LogP contribution in [-0.4, -0.2) is 17.1 Å². The molecule has 0 radical (unpaired) electrons. The largest absolute Gasteiger partial charge is 0.467 e. The highest BCUT2D eigenvalue weighted by molar-refractivity contribution is 9.10. The van der Waals surface area contributed by atoms with Crippen molar-refractivity contribution >= 4 is 56.8 Å². The molecule has 0 aliphatic carbocycles. The van der Waals surface area contributed by atoms with Crippen molar-refractivity contribution in [3.63, 3.8) is 0 Å². The van der Waals surface area contributed by atoms with E-state index in [0.29, 0.717) is 27.9 Å². The van der Waals surface area contributed by atoms with Crippen molar-refractivity contribution < 1.29 is 14.0 Å². The van der Waals surface area contributed by atoms with E-state index in [4.69, 9.17) is 16.0 Å². The minimum absolute atomic E-state index is 0.129. The number of hydrogen-bond donors (Lipinski definition) is 1. The van der Waals surface area contributed by atoms with Gasteiger partial charge in [-0.1, -0.05) is 57.5 Å². The molecule has 1 saturated heterocycles. The van der Waals surface area contributed by atoms with Gasteiger partial charge in [0.1, 0.15) is 22.4 Å². The number of nitrogens with one attached hydrogen (secondary N) is 1. The molecule has 33 heavy (non-hydrogen) atoms. The molecule has 1 N–H and O–H groups in total. The highest BCUT2D eigenvalue weighted by Gasteiger charge is 2.41. The van der Waals surface area contributed by atoms with Gasteiger partial charge in [0, 0.05) is 15.2 Å². The normalized spacial score (nSPS) is 17.1. The molecule has 1 aromatic heterocycles. The Morgan fingerprint density at radius 2 is 1.94 bits per heavy atom. The van der Waals surface area contributed by atoms with Crippen LogP contribution in [0.2, 0.25) is 5.02 Å². The molecule has 1 atom stereocenters. The summed E-state index contributed by atoms with van der Waals surface area (Å²) in [6.45, 7) is 0.129. The summed E-state index contributed by atoms with van der Waals surface area (Å²) in [5.74, 6) is -0.240. The fraction of sp³-hybridized carbons (Fsp3) is 0.125. The highest BCUT2D eigenvalue weighted by atomic mass is 79.9. The van der Waals surface area contributed by atoms with Gasteiger partial charge >= 0.3 is 0 Å². The molecule has 2 aromatic carbocycles. The quantitative estimate of drug-likeness (QED) is 0.331. The molecular formula is C24H17BrClN3O3S. The Balaban J connectivity index is 1.69. The molecule has 3 aromatic rings. The van der Waals surface area contributed by atoms with Crippen molar-refractivity contribution in [3.05, 3.63) is 98.3 Å². The molecule has 2 heterocycles. The molecule has 0 bridgehead atoms. The summed E-state index contributed by atoms with van der Waals surface area (Å²) in [6, 6.07) is 19.9. The Bertz CT molecular complexity index is 1250. The van der Waals surface area contributed by atoms with Crippen LogP contribution in [0.1, 0.15) is 11.3 Å². The first-order valence-corrected chi connectivity index (χ1v) is 12.0. The summed E-state index contributed by atoms with van der Waals surface area (Å²) in [6.07, 6.45) is 1.87. The van der Waals surface area contributed by atoms with E-state index in [0.717, 1.165) is 10.0 Å². The SMILES string of the molecule is N#CC(C(=O)NCc1ccco1)=C1SC(Cc2ccccc2Cl)C(=O)N1c1ccc(Br)cc1. The number of anilines is 1. The minimum Gasteiger partial charge on any atom is -0.467 e. The van der Waals surface area contributed by atoms with Crippen molar-refractivity contribution in [2.75, 3.05) is 4.90 Å². The van der Waals surface area contributed by atoms with Gasteiger partial charge in [-0.2, -0.15) is 5.26 Å². The van der Waals surface area contributed by atoms with Crippen molar-refractivity contribution in [1.82, 2.24) is 5.32 Å². The smallest absolute Gasteiger partial charge is 0.265 e. The number of halogens is 2. The Hall–Kier alpha value is -2.99. The maximum atomic E-state index is 13.5. The van der Waals surface area contributed by atoms with Crippen LogP contribution in [0.15, 0.2) is 86.4 Å². The lowest BCUT2D eigenvalue weighted by Gasteiger charge is -2.18. The molecule has 9 heteroatoms. The third-order valence-electron chi connectivity index (χ3n) is 4.96. The fourth-order valence-corrected chi connectivity index (χ4v) is 5.12. The molecule has 6 nitrogen and oxygen atoms in total. The molecule has 1 fully saturated rings. The van der Waals surface area contributed by atoms with Crippen molar-refractivity contribution in [2.45, 2.75) is 18.2 Å². The molecular weight excluding hydrogens is 526 g/mol. The summed E-state index contributed by atoms with van der Waals surface area (Å²) in [4.78, 5) is 27.8. The standard InChI is InChI=1S/C24H17BrClN3O3S/c25-16-7-9-17(10-8-16)29-23(31)21(12-15-4-1-2-6-20(15)26)33-24(29)19(13-27)22(30)28-14-18-5-3-11-32-18/h1-11,21H,12,14H2,(H,28,30). The maximum absolute atomic E-state index is 13.5. The van der Waals surface area contributed by atoms with E-state index >= 15 is 0 Å². The predicted molar refractivity (Wildman–Crippen MR) is 131 cm³/mol. The van der Waals surface area contributed by atoms with Crippen LogP contribution in [0.3, 0.4) is 0 Å². The molecule has 0 saturated carbocycles. The van der Waals surface area contributed by atoms with Crippen LogP contribution in [-0.2, 0) is 22.6 Å². The number of furan rings is 1. The number of thioether (sulfide) groups is 1. The third kappa shape index (κ3) is 5.17. The average Bonchev–Trinajstić information content (AvgIpc) is 3.44. The van der Waals surface area contributed by atoms with Crippen LogP contribution in [0, 0.1) is 11.3 Å². The molecule has 4 rings (SSSR count). The first kappa shape index (κ1) is 23.2.